The minimum Gasteiger partial charge on any atom is -0.446 e. The summed E-state index contributed by atoms with van der Waals surface area (Å²) in [5.41, 5.74) is -0.756. The summed E-state index contributed by atoms with van der Waals surface area (Å²) < 4.78 is 38.5. The normalized spacial score (nSPS) is 24.2. The number of alkyl carbamates (subject to hydrolysis) is 1. The second-order valence-electron chi connectivity index (χ2n) is 10.4. The highest BCUT2D eigenvalue weighted by molar-refractivity contribution is 5.86. The minimum absolute atomic E-state index is 0.0426. The number of carbonyl (C=O) groups excluding carboxylic acids is 3. The van der Waals surface area contributed by atoms with Gasteiger partial charge in [0.25, 0.3) is 5.92 Å². The van der Waals surface area contributed by atoms with Crippen molar-refractivity contribution < 1.29 is 32.6 Å². The molecule has 1 aliphatic heterocycles. The Hall–Kier alpha value is -2.13. The van der Waals surface area contributed by atoms with Crippen molar-refractivity contribution in [2.24, 2.45) is 11.8 Å². The van der Waals surface area contributed by atoms with Gasteiger partial charge in [0, 0.05) is 26.1 Å². The standard InChI is InChI=1S/C24H41F2N3O5/c1-7-28(8-2)22(32)33-18-11-9-17(10-12-18)16(3)19(27-21(31)34-23(4,5)6)20(30)29-14-13-24(25,26)15-29/h16-19H,7-15H2,1-6H3,(H,27,31). The van der Waals surface area contributed by atoms with Gasteiger partial charge in [0.05, 0.1) is 6.54 Å². The van der Waals surface area contributed by atoms with E-state index in [4.69, 9.17) is 9.47 Å². The summed E-state index contributed by atoms with van der Waals surface area (Å²) in [6.07, 6.45) is 1.06. The number of amides is 3. The van der Waals surface area contributed by atoms with E-state index in [9.17, 15) is 23.2 Å². The second kappa shape index (κ2) is 11.5. The van der Waals surface area contributed by atoms with Crippen LogP contribution in [0.3, 0.4) is 0 Å². The van der Waals surface area contributed by atoms with Gasteiger partial charge in [-0.3, -0.25) is 4.79 Å². The SMILES string of the molecule is CCN(CC)C(=O)OC1CCC(C(C)C(NC(=O)OC(C)(C)C)C(=O)N2CCC(F)(F)C2)CC1. The average Bonchev–Trinajstić information content (AvgIpc) is 3.11. The fourth-order valence-electron chi connectivity index (χ4n) is 4.68. The van der Waals surface area contributed by atoms with E-state index < -0.39 is 36.1 Å². The largest absolute Gasteiger partial charge is 0.446 e. The molecule has 3 amide bonds. The molecule has 2 fully saturated rings. The summed E-state index contributed by atoms with van der Waals surface area (Å²) in [4.78, 5) is 40.7. The molecule has 1 aliphatic carbocycles. The van der Waals surface area contributed by atoms with Crippen LogP contribution in [-0.2, 0) is 14.3 Å². The lowest BCUT2D eigenvalue weighted by Crippen LogP contribution is -2.54. The number of hydrogen-bond acceptors (Lipinski definition) is 5. The van der Waals surface area contributed by atoms with Crippen molar-refractivity contribution in [1.82, 2.24) is 15.1 Å². The van der Waals surface area contributed by atoms with Crippen molar-refractivity contribution in [3.8, 4) is 0 Å². The van der Waals surface area contributed by atoms with Crippen LogP contribution in [0.4, 0.5) is 18.4 Å². The molecular formula is C24H41F2N3O5. The molecule has 0 aromatic rings. The van der Waals surface area contributed by atoms with Crippen LogP contribution >= 0.6 is 0 Å². The summed E-state index contributed by atoms with van der Waals surface area (Å²) in [6, 6.07) is -0.969. The molecule has 2 aliphatic rings. The van der Waals surface area contributed by atoms with E-state index in [1.807, 2.05) is 20.8 Å². The number of nitrogens with one attached hydrogen (secondary N) is 1. The van der Waals surface area contributed by atoms with E-state index in [0.717, 1.165) is 4.90 Å². The van der Waals surface area contributed by atoms with Crippen molar-refractivity contribution >= 4 is 18.1 Å². The fourth-order valence-corrected chi connectivity index (χ4v) is 4.68. The number of hydrogen-bond donors (Lipinski definition) is 1. The third kappa shape index (κ3) is 7.98. The lowest BCUT2D eigenvalue weighted by molar-refractivity contribution is -0.136. The van der Waals surface area contributed by atoms with Gasteiger partial charge in [-0.2, -0.15) is 0 Å². The van der Waals surface area contributed by atoms with Gasteiger partial charge < -0.3 is 24.6 Å². The van der Waals surface area contributed by atoms with E-state index in [1.54, 1.807) is 25.7 Å². The summed E-state index contributed by atoms with van der Waals surface area (Å²) >= 11 is 0. The molecule has 0 bridgehead atoms. The average molecular weight is 490 g/mol. The number of alkyl halides is 2. The van der Waals surface area contributed by atoms with Gasteiger partial charge in [0.1, 0.15) is 17.7 Å². The molecule has 8 nitrogen and oxygen atoms in total. The molecule has 1 N–H and O–H groups in total. The first-order chi connectivity index (χ1) is 15.8. The monoisotopic (exact) mass is 489 g/mol. The van der Waals surface area contributed by atoms with Gasteiger partial charge in [-0.1, -0.05) is 6.92 Å². The van der Waals surface area contributed by atoms with Gasteiger partial charge >= 0.3 is 12.2 Å². The molecule has 0 spiro atoms. The zero-order valence-electron chi connectivity index (χ0n) is 21.4. The number of rotatable bonds is 7. The second-order valence-corrected chi connectivity index (χ2v) is 10.4. The Morgan fingerprint density at radius 2 is 1.71 bits per heavy atom. The Bertz CT molecular complexity index is 716. The topological polar surface area (TPSA) is 88.2 Å². The maximum absolute atomic E-state index is 13.8. The number of nitrogens with zero attached hydrogens (tertiary/aromatic N) is 2. The Morgan fingerprint density at radius 3 is 2.18 bits per heavy atom. The molecule has 0 aromatic heterocycles. The third-order valence-corrected chi connectivity index (χ3v) is 6.70. The summed E-state index contributed by atoms with van der Waals surface area (Å²) in [5.74, 6) is -3.66. The molecule has 2 unspecified atom stereocenters. The third-order valence-electron chi connectivity index (χ3n) is 6.70. The Balaban J connectivity index is 2.05. The molecule has 2 rings (SSSR count). The molecule has 1 heterocycles. The maximum Gasteiger partial charge on any atom is 0.410 e. The van der Waals surface area contributed by atoms with Crippen LogP contribution in [0.5, 0.6) is 0 Å². The predicted octanol–water partition coefficient (Wildman–Crippen LogP) is 4.42. The minimum atomic E-state index is -2.91. The molecule has 1 saturated carbocycles. The number of likely N-dealkylation sites (tertiary alicyclic amines) is 1. The number of halogens is 2. The first-order valence-corrected chi connectivity index (χ1v) is 12.4. The molecular weight excluding hydrogens is 448 g/mol. The highest BCUT2D eigenvalue weighted by Crippen LogP contribution is 2.35. The quantitative estimate of drug-likeness (QED) is 0.572. The van der Waals surface area contributed by atoms with Gasteiger partial charge in [-0.15, -0.1) is 0 Å². The van der Waals surface area contributed by atoms with Gasteiger partial charge in [0.15, 0.2) is 0 Å². The fraction of sp³-hybridized carbons (Fsp3) is 0.875. The number of ether oxygens (including phenoxy) is 2. The van der Waals surface area contributed by atoms with Crippen LogP contribution in [0.2, 0.25) is 0 Å². The maximum atomic E-state index is 13.8. The lowest BCUT2D eigenvalue weighted by atomic mass is 9.76. The lowest BCUT2D eigenvalue weighted by Gasteiger charge is -2.37. The first-order valence-electron chi connectivity index (χ1n) is 12.4. The predicted molar refractivity (Wildman–Crippen MR) is 124 cm³/mol. The van der Waals surface area contributed by atoms with E-state index >= 15 is 0 Å². The summed E-state index contributed by atoms with van der Waals surface area (Å²) in [5, 5.41) is 2.66. The van der Waals surface area contributed by atoms with Crippen LogP contribution in [0.1, 0.15) is 73.6 Å². The highest BCUT2D eigenvalue weighted by Gasteiger charge is 2.44. The zero-order valence-corrected chi connectivity index (χ0v) is 21.4. The number of carbonyl (C=O) groups is 3. The van der Waals surface area contributed by atoms with Crippen molar-refractivity contribution in [2.75, 3.05) is 26.2 Å². The van der Waals surface area contributed by atoms with Crippen molar-refractivity contribution in [2.45, 2.75) is 97.3 Å². The molecule has 0 radical (unpaired) electrons. The smallest absolute Gasteiger partial charge is 0.410 e. The summed E-state index contributed by atoms with van der Waals surface area (Å²) in [6.45, 7) is 11.3. The Kier molecular flexibility index (Phi) is 9.53. The molecule has 10 heteroatoms. The van der Waals surface area contributed by atoms with Crippen molar-refractivity contribution in [3.63, 3.8) is 0 Å². The van der Waals surface area contributed by atoms with E-state index in [-0.39, 0.29) is 37.0 Å². The van der Waals surface area contributed by atoms with Crippen LogP contribution in [-0.4, -0.2) is 77.7 Å². The van der Waals surface area contributed by atoms with Crippen LogP contribution in [0.15, 0.2) is 0 Å². The molecule has 0 aromatic carbocycles. The molecule has 196 valence electrons. The van der Waals surface area contributed by atoms with Crippen molar-refractivity contribution in [3.05, 3.63) is 0 Å². The van der Waals surface area contributed by atoms with E-state index in [1.165, 1.54) is 0 Å². The zero-order chi connectivity index (χ0) is 25.7. The first kappa shape index (κ1) is 28.1. The Labute approximate surface area is 201 Å². The van der Waals surface area contributed by atoms with Crippen LogP contribution < -0.4 is 5.32 Å². The molecule has 34 heavy (non-hydrogen) atoms. The van der Waals surface area contributed by atoms with E-state index in [0.29, 0.717) is 38.8 Å². The van der Waals surface area contributed by atoms with Crippen LogP contribution in [0, 0.1) is 11.8 Å². The van der Waals surface area contributed by atoms with Gasteiger partial charge in [-0.25, -0.2) is 18.4 Å². The highest BCUT2D eigenvalue weighted by atomic mass is 19.3. The summed E-state index contributed by atoms with van der Waals surface area (Å²) in [7, 11) is 0. The molecule has 2 atom stereocenters. The Morgan fingerprint density at radius 1 is 1.12 bits per heavy atom. The molecule has 1 saturated heterocycles. The van der Waals surface area contributed by atoms with Crippen molar-refractivity contribution in [1.29, 1.82) is 0 Å². The van der Waals surface area contributed by atoms with Crippen LogP contribution in [0.25, 0.3) is 0 Å². The van der Waals surface area contributed by atoms with E-state index in [2.05, 4.69) is 5.32 Å². The van der Waals surface area contributed by atoms with Gasteiger partial charge in [0.2, 0.25) is 5.91 Å². The van der Waals surface area contributed by atoms with Gasteiger partial charge in [-0.05, 0) is 72.1 Å².